The fourth-order valence-electron chi connectivity index (χ4n) is 0.943. The lowest BCUT2D eigenvalue weighted by molar-refractivity contribution is 0.537. The Bertz CT molecular complexity index is 430. The van der Waals surface area contributed by atoms with Gasteiger partial charge < -0.3 is 4.42 Å². The van der Waals surface area contributed by atoms with Crippen LogP contribution in [0, 0.1) is 3.90 Å². The highest BCUT2D eigenvalue weighted by molar-refractivity contribution is 14.1. The summed E-state index contributed by atoms with van der Waals surface area (Å²) < 4.78 is 5.75. The number of aromatic nitrogens is 2. The van der Waals surface area contributed by atoms with Crippen molar-refractivity contribution in [3.05, 3.63) is 33.2 Å². The molecule has 0 radical (unpaired) electrons. The Morgan fingerprint density at radius 1 is 1.31 bits per heavy atom. The SMILES string of the molecule is Clc1cccc(-c2nnc(I)o2)c1. The molecule has 0 unspecified atom stereocenters. The van der Waals surface area contributed by atoms with Crippen molar-refractivity contribution >= 4 is 34.2 Å². The summed E-state index contributed by atoms with van der Waals surface area (Å²) in [6, 6.07) is 7.29. The minimum Gasteiger partial charge on any atom is -0.412 e. The van der Waals surface area contributed by atoms with Crippen molar-refractivity contribution < 1.29 is 4.42 Å². The maximum absolute atomic E-state index is 5.81. The third-order valence-electron chi connectivity index (χ3n) is 1.47. The normalized spacial score (nSPS) is 10.3. The zero-order valence-electron chi connectivity index (χ0n) is 6.37. The zero-order valence-corrected chi connectivity index (χ0v) is 9.28. The van der Waals surface area contributed by atoms with Crippen molar-refractivity contribution in [3.8, 4) is 11.5 Å². The first-order chi connectivity index (χ1) is 6.25. The number of nitrogens with zero attached hydrogens (tertiary/aromatic N) is 2. The fourth-order valence-corrected chi connectivity index (χ4v) is 1.45. The summed E-state index contributed by atoms with van der Waals surface area (Å²) in [5.74, 6) is 0.493. The number of hydrogen-bond donors (Lipinski definition) is 0. The summed E-state index contributed by atoms with van der Waals surface area (Å²) >= 11 is 7.77. The second-order valence-corrected chi connectivity index (χ2v) is 3.73. The highest BCUT2D eigenvalue weighted by Crippen LogP contribution is 2.21. The molecule has 0 aliphatic rings. The van der Waals surface area contributed by atoms with E-state index in [9.17, 15) is 0 Å². The minimum absolute atomic E-state index is 0.493. The molecule has 0 amide bonds. The average Bonchev–Trinajstić information content (AvgIpc) is 2.52. The molecule has 0 aliphatic heterocycles. The molecule has 1 aromatic carbocycles. The van der Waals surface area contributed by atoms with Crippen LogP contribution in [0.3, 0.4) is 0 Å². The molecular weight excluding hydrogens is 302 g/mol. The lowest BCUT2D eigenvalue weighted by atomic mass is 10.2. The lowest BCUT2D eigenvalue weighted by Crippen LogP contribution is -1.76. The third-order valence-corrected chi connectivity index (χ3v) is 2.14. The highest BCUT2D eigenvalue weighted by atomic mass is 127. The van der Waals surface area contributed by atoms with Gasteiger partial charge in [-0.05, 0) is 18.2 Å². The largest absolute Gasteiger partial charge is 0.412 e. The smallest absolute Gasteiger partial charge is 0.278 e. The Hall–Kier alpha value is -0.620. The van der Waals surface area contributed by atoms with Crippen molar-refractivity contribution in [1.82, 2.24) is 10.2 Å². The second kappa shape index (κ2) is 3.63. The Morgan fingerprint density at radius 3 is 2.77 bits per heavy atom. The predicted molar refractivity (Wildman–Crippen MR) is 57.5 cm³/mol. The highest BCUT2D eigenvalue weighted by Gasteiger charge is 2.05. The molecule has 66 valence electrons. The van der Waals surface area contributed by atoms with Crippen LogP contribution in [0.5, 0.6) is 0 Å². The van der Waals surface area contributed by atoms with Gasteiger partial charge in [0, 0.05) is 33.2 Å². The van der Waals surface area contributed by atoms with E-state index < -0.39 is 0 Å². The lowest BCUT2D eigenvalue weighted by Gasteiger charge is -1.93. The van der Waals surface area contributed by atoms with E-state index in [0.29, 0.717) is 14.8 Å². The van der Waals surface area contributed by atoms with Crippen LogP contribution in [0.1, 0.15) is 0 Å². The molecule has 0 N–H and O–H groups in total. The van der Waals surface area contributed by atoms with Crippen LogP contribution in [0.2, 0.25) is 5.02 Å². The number of rotatable bonds is 1. The van der Waals surface area contributed by atoms with Gasteiger partial charge in [-0.15, -0.1) is 10.2 Å². The Balaban J connectivity index is 2.46. The molecule has 5 heteroatoms. The fraction of sp³-hybridized carbons (Fsp3) is 0. The number of benzene rings is 1. The average molecular weight is 306 g/mol. The Kier molecular flexibility index (Phi) is 2.50. The van der Waals surface area contributed by atoms with Gasteiger partial charge in [0.1, 0.15) is 0 Å². The van der Waals surface area contributed by atoms with Gasteiger partial charge in [-0.2, -0.15) is 0 Å². The monoisotopic (exact) mass is 306 g/mol. The van der Waals surface area contributed by atoms with Crippen molar-refractivity contribution in [2.75, 3.05) is 0 Å². The molecule has 0 spiro atoms. The van der Waals surface area contributed by atoms with E-state index in [4.69, 9.17) is 16.0 Å². The van der Waals surface area contributed by atoms with Gasteiger partial charge >= 0.3 is 0 Å². The van der Waals surface area contributed by atoms with Crippen molar-refractivity contribution in [1.29, 1.82) is 0 Å². The van der Waals surface area contributed by atoms with E-state index in [2.05, 4.69) is 10.2 Å². The van der Waals surface area contributed by atoms with E-state index >= 15 is 0 Å². The molecule has 1 heterocycles. The van der Waals surface area contributed by atoms with Gasteiger partial charge in [-0.25, -0.2) is 0 Å². The van der Waals surface area contributed by atoms with E-state index in [1.165, 1.54) is 0 Å². The first kappa shape index (κ1) is 8.96. The van der Waals surface area contributed by atoms with Gasteiger partial charge in [0.25, 0.3) is 3.90 Å². The van der Waals surface area contributed by atoms with Crippen molar-refractivity contribution in [3.63, 3.8) is 0 Å². The van der Waals surface area contributed by atoms with Crippen LogP contribution in [-0.4, -0.2) is 10.2 Å². The molecule has 0 bridgehead atoms. The summed E-state index contributed by atoms with van der Waals surface area (Å²) in [4.78, 5) is 0. The van der Waals surface area contributed by atoms with Crippen molar-refractivity contribution in [2.45, 2.75) is 0 Å². The predicted octanol–water partition coefficient (Wildman–Crippen LogP) is 2.99. The summed E-state index contributed by atoms with van der Waals surface area (Å²) in [5.41, 5.74) is 0.836. The van der Waals surface area contributed by atoms with Gasteiger partial charge in [0.05, 0.1) is 0 Å². The molecule has 0 aliphatic carbocycles. The summed E-state index contributed by atoms with van der Waals surface area (Å²) in [6.45, 7) is 0. The topological polar surface area (TPSA) is 38.9 Å². The standard InChI is InChI=1S/C8H4ClIN2O/c9-6-3-1-2-5(4-6)7-11-12-8(10)13-7/h1-4H. The van der Waals surface area contributed by atoms with Crippen LogP contribution in [-0.2, 0) is 0 Å². The minimum atomic E-state index is 0.493. The molecule has 2 rings (SSSR count). The zero-order chi connectivity index (χ0) is 9.26. The maximum atomic E-state index is 5.81. The molecule has 3 nitrogen and oxygen atoms in total. The molecular formula is C8H4ClIN2O. The van der Waals surface area contributed by atoms with Crippen LogP contribution in [0.15, 0.2) is 28.7 Å². The van der Waals surface area contributed by atoms with E-state index in [0.717, 1.165) is 5.56 Å². The molecule has 0 saturated heterocycles. The first-order valence-electron chi connectivity index (χ1n) is 3.50. The summed E-state index contributed by atoms with van der Waals surface area (Å²) in [5, 5.41) is 8.25. The van der Waals surface area contributed by atoms with Gasteiger partial charge in [-0.1, -0.05) is 17.7 Å². The molecule has 0 saturated carbocycles. The maximum Gasteiger partial charge on any atom is 0.278 e. The van der Waals surface area contributed by atoms with Crippen LogP contribution >= 0.6 is 34.2 Å². The Morgan fingerprint density at radius 2 is 2.15 bits per heavy atom. The number of halogens is 2. The van der Waals surface area contributed by atoms with E-state index in [-0.39, 0.29) is 0 Å². The Labute approximate surface area is 93.3 Å². The quantitative estimate of drug-likeness (QED) is 0.760. The summed E-state index contributed by atoms with van der Waals surface area (Å²) in [6.07, 6.45) is 0. The van der Waals surface area contributed by atoms with E-state index in [1.54, 1.807) is 12.1 Å². The van der Waals surface area contributed by atoms with E-state index in [1.807, 2.05) is 34.7 Å². The molecule has 0 atom stereocenters. The summed E-state index contributed by atoms with van der Waals surface area (Å²) in [7, 11) is 0. The van der Waals surface area contributed by atoms with Gasteiger partial charge in [-0.3, -0.25) is 0 Å². The van der Waals surface area contributed by atoms with Crippen LogP contribution < -0.4 is 0 Å². The second-order valence-electron chi connectivity index (χ2n) is 2.37. The van der Waals surface area contributed by atoms with Crippen LogP contribution in [0.25, 0.3) is 11.5 Å². The molecule has 2 aromatic rings. The van der Waals surface area contributed by atoms with Gasteiger partial charge in [0.15, 0.2) is 0 Å². The third kappa shape index (κ3) is 2.00. The van der Waals surface area contributed by atoms with Crippen LogP contribution in [0.4, 0.5) is 0 Å². The van der Waals surface area contributed by atoms with Gasteiger partial charge in [0.2, 0.25) is 5.89 Å². The first-order valence-corrected chi connectivity index (χ1v) is 4.96. The van der Waals surface area contributed by atoms with Crippen molar-refractivity contribution in [2.24, 2.45) is 0 Å². The molecule has 13 heavy (non-hydrogen) atoms. The molecule has 1 aromatic heterocycles. The molecule has 0 fully saturated rings. The number of hydrogen-bond acceptors (Lipinski definition) is 3.